The van der Waals surface area contributed by atoms with Gasteiger partial charge in [0.05, 0.1) is 5.56 Å². The number of carbonyl (C=O) groups is 1. The van der Waals surface area contributed by atoms with Gasteiger partial charge in [-0.05, 0) is 29.8 Å². The van der Waals surface area contributed by atoms with Crippen LogP contribution in [0.2, 0.25) is 0 Å². The molecule has 1 saturated heterocycles. The van der Waals surface area contributed by atoms with E-state index in [2.05, 4.69) is 19.9 Å². The second kappa shape index (κ2) is 8.52. The fraction of sp³-hybridized carbons (Fsp3) is 0.217. The van der Waals surface area contributed by atoms with Crippen molar-refractivity contribution in [2.75, 3.05) is 26.2 Å². The van der Waals surface area contributed by atoms with E-state index in [9.17, 15) is 14.7 Å². The van der Waals surface area contributed by atoms with Crippen LogP contribution in [0.15, 0.2) is 58.8 Å². The molecule has 1 amide bonds. The minimum absolute atomic E-state index is 0.106. The number of pyridine rings is 1. The van der Waals surface area contributed by atoms with E-state index in [0.29, 0.717) is 40.4 Å². The maximum Gasteiger partial charge on any atom is 0.269 e. The fourth-order valence-electron chi connectivity index (χ4n) is 3.84. The highest BCUT2D eigenvalue weighted by molar-refractivity contribution is 7.17. The van der Waals surface area contributed by atoms with Crippen LogP contribution in [-0.4, -0.2) is 61.9 Å². The van der Waals surface area contributed by atoms with Gasteiger partial charge in [-0.3, -0.25) is 19.5 Å². The maximum absolute atomic E-state index is 13.3. The van der Waals surface area contributed by atoms with Crippen LogP contribution in [-0.2, 0) is 6.54 Å². The van der Waals surface area contributed by atoms with Crippen LogP contribution in [0.4, 0.5) is 0 Å². The Morgan fingerprint density at radius 1 is 1.09 bits per heavy atom. The Kier molecular flexibility index (Phi) is 5.42. The molecule has 1 aliphatic rings. The van der Waals surface area contributed by atoms with Crippen LogP contribution in [0.25, 0.3) is 21.7 Å². The predicted octanol–water partition coefficient (Wildman–Crippen LogP) is 2.71. The normalized spacial score (nSPS) is 14.7. The van der Waals surface area contributed by atoms with Gasteiger partial charge in [-0.2, -0.15) is 0 Å². The number of fused-ring (bicyclic) bond motifs is 1. The van der Waals surface area contributed by atoms with Crippen molar-refractivity contribution in [1.29, 1.82) is 0 Å². The molecule has 4 aromatic rings. The van der Waals surface area contributed by atoms with Gasteiger partial charge in [0, 0.05) is 44.3 Å². The Bertz CT molecular complexity index is 1310. The number of nitrogens with one attached hydrogen (secondary N) is 1. The summed E-state index contributed by atoms with van der Waals surface area (Å²) >= 11 is 1.24. The molecule has 1 aliphatic heterocycles. The first-order chi connectivity index (χ1) is 15.6. The van der Waals surface area contributed by atoms with Crippen LogP contribution in [0.5, 0.6) is 5.75 Å². The molecule has 9 heteroatoms. The number of phenolic OH excluding ortho intramolecular Hbond substituents is 1. The van der Waals surface area contributed by atoms with E-state index in [4.69, 9.17) is 0 Å². The van der Waals surface area contributed by atoms with Crippen LogP contribution in [0, 0.1) is 0 Å². The first-order valence-corrected chi connectivity index (χ1v) is 11.2. The maximum atomic E-state index is 13.3. The SMILES string of the molecule is O=C(c1csc2c(=O)[nH]c(-c3ccccn3)nc12)N1CCN(Cc2ccc(O)cc2)CC1. The number of hydrogen-bond acceptors (Lipinski definition) is 7. The molecular weight excluding hydrogens is 426 g/mol. The standard InChI is InChI=1S/C23H21N5O3S/c29-16-6-4-15(5-7-16)13-27-9-11-28(12-10-27)23(31)17-14-32-20-19(17)25-21(26-22(20)30)18-3-1-2-8-24-18/h1-8,14,29H,9-13H2,(H,25,26,30). The van der Waals surface area contributed by atoms with E-state index in [0.717, 1.165) is 25.2 Å². The van der Waals surface area contributed by atoms with Gasteiger partial charge >= 0.3 is 0 Å². The lowest BCUT2D eigenvalue weighted by molar-refractivity contribution is 0.0630. The summed E-state index contributed by atoms with van der Waals surface area (Å²) in [5.41, 5.74) is 2.30. The number of rotatable bonds is 4. The second-order valence-electron chi connectivity index (χ2n) is 7.69. The zero-order valence-corrected chi connectivity index (χ0v) is 18.0. The molecule has 2 N–H and O–H groups in total. The van der Waals surface area contributed by atoms with Crippen molar-refractivity contribution in [3.8, 4) is 17.3 Å². The van der Waals surface area contributed by atoms with Crippen molar-refractivity contribution in [2.24, 2.45) is 0 Å². The van der Waals surface area contributed by atoms with E-state index in [-0.39, 0.29) is 17.2 Å². The Balaban J connectivity index is 1.33. The van der Waals surface area contributed by atoms with Gasteiger partial charge in [-0.1, -0.05) is 18.2 Å². The Hall–Kier alpha value is -3.56. The first kappa shape index (κ1) is 20.3. The minimum Gasteiger partial charge on any atom is -0.508 e. The third-order valence-corrected chi connectivity index (χ3v) is 6.53. The first-order valence-electron chi connectivity index (χ1n) is 10.3. The van der Waals surface area contributed by atoms with Gasteiger partial charge < -0.3 is 15.0 Å². The molecule has 0 aliphatic carbocycles. The van der Waals surface area contributed by atoms with Crippen LogP contribution >= 0.6 is 11.3 Å². The second-order valence-corrected chi connectivity index (χ2v) is 8.57. The number of phenols is 1. The van der Waals surface area contributed by atoms with Gasteiger partial charge in [0.1, 0.15) is 21.7 Å². The van der Waals surface area contributed by atoms with Crippen molar-refractivity contribution in [1.82, 2.24) is 24.8 Å². The molecule has 3 aromatic heterocycles. The number of aromatic nitrogens is 3. The average molecular weight is 448 g/mol. The monoisotopic (exact) mass is 447 g/mol. The zero-order valence-electron chi connectivity index (χ0n) is 17.2. The number of piperazine rings is 1. The molecule has 32 heavy (non-hydrogen) atoms. The van der Waals surface area contributed by atoms with E-state index in [1.54, 1.807) is 35.8 Å². The minimum atomic E-state index is -0.265. The molecule has 1 aromatic carbocycles. The zero-order chi connectivity index (χ0) is 22.1. The van der Waals surface area contributed by atoms with Crippen molar-refractivity contribution in [3.63, 3.8) is 0 Å². The smallest absolute Gasteiger partial charge is 0.269 e. The van der Waals surface area contributed by atoms with Gasteiger partial charge in [-0.15, -0.1) is 11.3 Å². The summed E-state index contributed by atoms with van der Waals surface area (Å²) in [6, 6.07) is 12.6. The highest BCUT2D eigenvalue weighted by atomic mass is 32.1. The summed E-state index contributed by atoms with van der Waals surface area (Å²) in [7, 11) is 0. The molecule has 0 bridgehead atoms. The number of aromatic hydroxyl groups is 1. The van der Waals surface area contributed by atoms with Gasteiger partial charge in [0.15, 0.2) is 5.82 Å². The average Bonchev–Trinajstić information content (AvgIpc) is 3.26. The Morgan fingerprint density at radius 3 is 2.59 bits per heavy atom. The number of hydrogen-bond donors (Lipinski definition) is 2. The molecule has 0 radical (unpaired) electrons. The number of thiophene rings is 1. The summed E-state index contributed by atoms with van der Waals surface area (Å²) in [6.45, 7) is 3.48. The Morgan fingerprint density at radius 2 is 1.88 bits per heavy atom. The van der Waals surface area contributed by atoms with E-state index >= 15 is 0 Å². The predicted molar refractivity (Wildman–Crippen MR) is 123 cm³/mol. The molecule has 0 saturated carbocycles. The summed E-state index contributed by atoms with van der Waals surface area (Å²) in [5, 5.41) is 11.2. The third-order valence-electron chi connectivity index (χ3n) is 5.57. The van der Waals surface area contributed by atoms with Gasteiger partial charge in [0.2, 0.25) is 0 Å². The molecule has 0 atom stereocenters. The van der Waals surface area contributed by atoms with E-state index in [1.165, 1.54) is 11.3 Å². The van der Waals surface area contributed by atoms with Crippen LogP contribution < -0.4 is 5.56 Å². The molecule has 0 unspecified atom stereocenters. The number of benzene rings is 1. The third kappa shape index (κ3) is 4.00. The number of aromatic amines is 1. The van der Waals surface area contributed by atoms with Gasteiger partial charge in [-0.25, -0.2) is 4.98 Å². The molecule has 0 spiro atoms. The highest BCUT2D eigenvalue weighted by Gasteiger charge is 2.25. The van der Waals surface area contributed by atoms with E-state index < -0.39 is 0 Å². The number of amides is 1. The lowest BCUT2D eigenvalue weighted by Crippen LogP contribution is -2.48. The summed E-state index contributed by atoms with van der Waals surface area (Å²) in [5.74, 6) is 0.505. The number of carbonyl (C=O) groups excluding carboxylic acids is 1. The summed E-state index contributed by atoms with van der Waals surface area (Å²) in [6.07, 6.45) is 1.64. The lowest BCUT2D eigenvalue weighted by Gasteiger charge is -2.34. The van der Waals surface area contributed by atoms with Gasteiger partial charge in [0.25, 0.3) is 11.5 Å². The van der Waals surface area contributed by atoms with Crippen molar-refractivity contribution in [2.45, 2.75) is 6.54 Å². The summed E-state index contributed by atoms with van der Waals surface area (Å²) in [4.78, 5) is 41.5. The quantitative estimate of drug-likeness (QED) is 0.499. The van der Waals surface area contributed by atoms with Crippen LogP contribution in [0.3, 0.4) is 0 Å². The largest absolute Gasteiger partial charge is 0.508 e. The van der Waals surface area contributed by atoms with Crippen molar-refractivity contribution >= 4 is 27.5 Å². The molecular formula is C23H21N5O3S. The van der Waals surface area contributed by atoms with Crippen molar-refractivity contribution in [3.05, 3.63) is 75.5 Å². The molecule has 5 rings (SSSR count). The molecule has 8 nitrogen and oxygen atoms in total. The molecule has 4 heterocycles. The summed E-state index contributed by atoms with van der Waals surface area (Å²) < 4.78 is 0.444. The lowest BCUT2D eigenvalue weighted by atomic mass is 10.1. The fourth-order valence-corrected chi connectivity index (χ4v) is 4.72. The highest BCUT2D eigenvalue weighted by Crippen LogP contribution is 2.25. The van der Waals surface area contributed by atoms with Crippen molar-refractivity contribution < 1.29 is 9.90 Å². The topological polar surface area (TPSA) is 102 Å². The number of nitrogens with zero attached hydrogens (tertiary/aromatic N) is 4. The van der Waals surface area contributed by atoms with E-state index in [1.807, 2.05) is 23.1 Å². The van der Waals surface area contributed by atoms with Crippen LogP contribution in [0.1, 0.15) is 15.9 Å². The number of H-pyrrole nitrogens is 1. The molecule has 1 fully saturated rings. The molecule has 162 valence electrons. The Labute approximate surface area is 187 Å².